The molecule has 18 heavy (non-hydrogen) atoms. The summed E-state index contributed by atoms with van der Waals surface area (Å²) in [4.78, 5) is 4.18. The van der Waals surface area contributed by atoms with Crippen LogP contribution in [0.25, 0.3) is 0 Å². The molecule has 0 rings (SSSR count). The SMILES string of the molecule is CCNC(=NCCCCC(F)(F)F)NCCOC. The minimum Gasteiger partial charge on any atom is -0.383 e. The Morgan fingerprint density at radius 1 is 1.22 bits per heavy atom. The molecule has 0 aromatic heterocycles. The number of nitrogens with one attached hydrogen (secondary N) is 2. The van der Waals surface area contributed by atoms with Crippen LogP contribution in [0.4, 0.5) is 13.2 Å². The molecule has 7 heteroatoms. The zero-order valence-corrected chi connectivity index (χ0v) is 10.9. The molecule has 0 radical (unpaired) electrons. The fourth-order valence-electron chi connectivity index (χ4n) is 1.24. The number of methoxy groups -OCH3 is 1. The predicted octanol–water partition coefficient (Wildman–Crippen LogP) is 1.92. The van der Waals surface area contributed by atoms with Crippen molar-refractivity contribution in [3.05, 3.63) is 0 Å². The van der Waals surface area contributed by atoms with Crippen LogP contribution in [-0.2, 0) is 4.74 Å². The molecular formula is C11H22F3N3O. The van der Waals surface area contributed by atoms with Crippen LogP contribution in [0.2, 0.25) is 0 Å². The third-order valence-electron chi connectivity index (χ3n) is 2.08. The molecule has 4 nitrogen and oxygen atoms in total. The van der Waals surface area contributed by atoms with Crippen molar-refractivity contribution in [1.82, 2.24) is 10.6 Å². The molecule has 108 valence electrons. The number of hydrogen-bond acceptors (Lipinski definition) is 2. The van der Waals surface area contributed by atoms with Crippen LogP contribution < -0.4 is 10.6 Å². The largest absolute Gasteiger partial charge is 0.389 e. The lowest BCUT2D eigenvalue weighted by Crippen LogP contribution is -2.39. The van der Waals surface area contributed by atoms with Crippen molar-refractivity contribution < 1.29 is 17.9 Å². The van der Waals surface area contributed by atoms with Crippen molar-refractivity contribution in [2.24, 2.45) is 4.99 Å². The van der Waals surface area contributed by atoms with Crippen LogP contribution in [0.1, 0.15) is 26.2 Å². The molecule has 0 aliphatic carbocycles. The van der Waals surface area contributed by atoms with E-state index in [1.54, 1.807) is 7.11 Å². The van der Waals surface area contributed by atoms with Crippen LogP contribution in [0, 0.1) is 0 Å². The van der Waals surface area contributed by atoms with Crippen molar-refractivity contribution in [2.45, 2.75) is 32.4 Å². The predicted molar refractivity (Wildman–Crippen MR) is 65.8 cm³/mol. The Morgan fingerprint density at radius 3 is 2.50 bits per heavy atom. The Bertz CT molecular complexity index is 232. The highest BCUT2D eigenvalue weighted by molar-refractivity contribution is 5.79. The zero-order chi connectivity index (χ0) is 13.9. The van der Waals surface area contributed by atoms with Gasteiger partial charge in [0.05, 0.1) is 6.61 Å². The van der Waals surface area contributed by atoms with Gasteiger partial charge < -0.3 is 15.4 Å². The molecule has 0 heterocycles. The Hall–Kier alpha value is -0.980. The van der Waals surface area contributed by atoms with E-state index in [4.69, 9.17) is 4.74 Å². The molecule has 0 aliphatic rings. The second-order valence-corrected chi connectivity index (χ2v) is 3.75. The third-order valence-corrected chi connectivity index (χ3v) is 2.08. The first-order chi connectivity index (χ1) is 8.49. The first kappa shape index (κ1) is 17.0. The van der Waals surface area contributed by atoms with Crippen molar-refractivity contribution in [3.63, 3.8) is 0 Å². The van der Waals surface area contributed by atoms with E-state index < -0.39 is 12.6 Å². The second kappa shape index (κ2) is 9.99. The molecule has 0 saturated heterocycles. The molecule has 0 fully saturated rings. The van der Waals surface area contributed by atoms with Gasteiger partial charge in [-0.15, -0.1) is 0 Å². The molecule has 0 saturated carbocycles. The summed E-state index contributed by atoms with van der Waals surface area (Å²) in [7, 11) is 1.60. The maximum absolute atomic E-state index is 11.9. The highest BCUT2D eigenvalue weighted by Crippen LogP contribution is 2.21. The van der Waals surface area contributed by atoms with Gasteiger partial charge in [0.1, 0.15) is 0 Å². The topological polar surface area (TPSA) is 45.7 Å². The zero-order valence-electron chi connectivity index (χ0n) is 10.9. The van der Waals surface area contributed by atoms with Gasteiger partial charge >= 0.3 is 6.18 Å². The third kappa shape index (κ3) is 11.5. The normalized spacial score (nSPS) is 12.6. The fraction of sp³-hybridized carbons (Fsp3) is 0.909. The Kier molecular flexibility index (Phi) is 9.45. The van der Waals surface area contributed by atoms with Gasteiger partial charge in [-0.25, -0.2) is 0 Å². The van der Waals surface area contributed by atoms with E-state index >= 15 is 0 Å². The molecule has 2 N–H and O–H groups in total. The molecule has 0 spiro atoms. The van der Waals surface area contributed by atoms with Gasteiger partial charge in [0.15, 0.2) is 5.96 Å². The summed E-state index contributed by atoms with van der Waals surface area (Å²) in [5, 5.41) is 6.03. The average Bonchev–Trinajstić information content (AvgIpc) is 2.27. The van der Waals surface area contributed by atoms with Crippen LogP contribution in [-0.4, -0.2) is 45.5 Å². The fourth-order valence-corrected chi connectivity index (χ4v) is 1.24. The summed E-state index contributed by atoms with van der Waals surface area (Å²) in [5.74, 6) is 0.613. The molecule has 0 unspecified atom stereocenters. The Labute approximate surface area is 106 Å². The van der Waals surface area contributed by atoms with Crippen LogP contribution in [0.15, 0.2) is 4.99 Å². The van der Waals surface area contributed by atoms with Gasteiger partial charge in [0.25, 0.3) is 0 Å². The van der Waals surface area contributed by atoms with Crippen molar-refractivity contribution >= 4 is 5.96 Å². The van der Waals surface area contributed by atoms with Gasteiger partial charge in [-0.1, -0.05) is 0 Å². The lowest BCUT2D eigenvalue weighted by Gasteiger charge is -2.10. The van der Waals surface area contributed by atoms with Crippen LogP contribution in [0.5, 0.6) is 0 Å². The quantitative estimate of drug-likeness (QED) is 0.402. The highest BCUT2D eigenvalue weighted by atomic mass is 19.4. The number of hydrogen-bond donors (Lipinski definition) is 2. The molecule has 0 aromatic carbocycles. The van der Waals surface area contributed by atoms with Gasteiger partial charge in [0, 0.05) is 33.2 Å². The van der Waals surface area contributed by atoms with Gasteiger partial charge in [-0.2, -0.15) is 13.2 Å². The molecule has 0 aliphatic heterocycles. The minimum absolute atomic E-state index is 0.116. The van der Waals surface area contributed by atoms with E-state index in [0.29, 0.717) is 38.6 Å². The van der Waals surface area contributed by atoms with Crippen molar-refractivity contribution in [2.75, 3.05) is 33.4 Å². The standard InChI is InChI=1S/C11H22F3N3O/c1-3-15-10(17-8-9-18-2)16-7-5-4-6-11(12,13)14/h3-9H2,1-2H3,(H2,15,16,17). The van der Waals surface area contributed by atoms with E-state index in [9.17, 15) is 13.2 Å². The summed E-state index contributed by atoms with van der Waals surface area (Å²) in [6.07, 6.45) is -4.26. The lowest BCUT2D eigenvalue weighted by molar-refractivity contribution is -0.135. The van der Waals surface area contributed by atoms with Gasteiger partial charge in [-0.05, 0) is 19.8 Å². The molecule has 0 aromatic rings. The maximum Gasteiger partial charge on any atom is 0.389 e. The highest BCUT2D eigenvalue weighted by Gasteiger charge is 2.25. The van der Waals surface area contributed by atoms with Crippen LogP contribution in [0.3, 0.4) is 0 Å². The monoisotopic (exact) mass is 269 g/mol. The summed E-state index contributed by atoms with van der Waals surface area (Å²) in [6.45, 7) is 4.19. The van der Waals surface area contributed by atoms with E-state index in [0.717, 1.165) is 0 Å². The van der Waals surface area contributed by atoms with Crippen molar-refractivity contribution in [1.29, 1.82) is 0 Å². The molecular weight excluding hydrogens is 247 g/mol. The number of nitrogens with zero attached hydrogens (tertiary/aromatic N) is 1. The second-order valence-electron chi connectivity index (χ2n) is 3.75. The number of unbranched alkanes of at least 4 members (excludes halogenated alkanes) is 1. The first-order valence-electron chi connectivity index (χ1n) is 6.07. The number of halogens is 3. The summed E-state index contributed by atoms with van der Waals surface area (Å²) in [6, 6.07) is 0. The van der Waals surface area contributed by atoms with Crippen LogP contribution >= 0.6 is 0 Å². The van der Waals surface area contributed by atoms with Gasteiger partial charge in [-0.3, -0.25) is 4.99 Å². The number of rotatable bonds is 8. The van der Waals surface area contributed by atoms with E-state index in [-0.39, 0.29) is 6.42 Å². The van der Waals surface area contributed by atoms with E-state index in [1.165, 1.54) is 0 Å². The minimum atomic E-state index is -4.06. The smallest absolute Gasteiger partial charge is 0.383 e. The van der Waals surface area contributed by atoms with E-state index in [1.807, 2.05) is 6.92 Å². The van der Waals surface area contributed by atoms with E-state index in [2.05, 4.69) is 15.6 Å². The summed E-state index contributed by atoms with van der Waals surface area (Å²) in [5.41, 5.74) is 0. The first-order valence-corrected chi connectivity index (χ1v) is 6.07. The number of ether oxygens (including phenoxy) is 1. The van der Waals surface area contributed by atoms with Crippen molar-refractivity contribution in [3.8, 4) is 0 Å². The Morgan fingerprint density at radius 2 is 1.94 bits per heavy atom. The van der Waals surface area contributed by atoms with Gasteiger partial charge in [0.2, 0.25) is 0 Å². The average molecular weight is 269 g/mol. The summed E-state index contributed by atoms with van der Waals surface area (Å²) < 4.78 is 40.6. The Balaban J connectivity index is 3.78. The molecule has 0 bridgehead atoms. The molecule has 0 atom stereocenters. The number of aliphatic imine (C=N–C) groups is 1. The lowest BCUT2D eigenvalue weighted by atomic mass is 10.2. The maximum atomic E-state index is 11.9. The summed E-state index contributed by atoms with van der Waals surface area (Å²) >= 11 is 0. The molecule has 0 amide bonds. The number of alkyl halides is 3. The number of guanidine groups is 1.